The van der Waals surface area contributed by atoms with E-state index in [0.717, 1.165) is 41.3 Å². The molecule has 2 N–H and O–H groups in total. The standard InChI is InChI=1S/C21H25N5O2S/c1-16-20(17(2)26(24-16)18-8-4-3-5-9-18)15-23-21-11-10-19(14-22-21)29(27,28)25-12-6-7-13-25/h3-5,8-11,14H,6-7,12-13,15H2,1-2H3,(H,22,23)/p+1. The van der Waals surface area contributed by atoms with Crippen LogP contribution >= 0.6 is 0 Å². The quantitative estimate of drug-likeness (QED) is 0.675. The number of hydrogen-bond donors (Lipinski definition) is 1. The molecule has 0 aliphatic carbocycles. The summed E-state index contributed by atoms with van der Waals surface area (Å²) in [7, 11) is -3.40. The minimum atomic E-state index is -3.40. The number of anilines is 1. The van der Waals surface area contributed by atoms with Crippen molar-refractivity contribution in [2.75, 3.05) is 18.4 Å². The molecule has 0 radical (unpaired) electrons. The minimum Gasteiger partial charge on any atom is -0.270 e. The molecule has 2 aromatic heterocycles. The van der Waals surface area contributed by atoms with E-state index in [2.05, 4.69) is 22.3 Å². The summed E-state index contributed by atoms with van der Waals surface area (Å²) < 4.78 is 28.7. The third-order valence-corrected chi connectivity index (χ3v) is 7.28. The molecule has 0 bridgehead atoms. The van der Waals surface area contributed by atoms with Crippen LogP contribution in [-0.4, -0.2) is 35.6 Å². The molecule has 1 aromatic carbocycles. The molecule has 3 aromatic rings. The largest absolute Gasteiger partial charge is 0.272 e. The van der Waals surface area contributed by atoms with Crippen LogP contribution in [0.3, 0.4) is 0 Å². The summed E-state index contributed by atoms with van der Waals surface area (Å²) in [5, 5.41) is 8.00. The first-order valence-electron chi connectivity index (χ1n) is 9.83. The Morgan fingerprint density at radius 3 is 2.45 bits per heavy atom. The van der Waals surface area contributed by atoms with Crippen LogP contribution in [0.25, 0.3) is 5.69 Å². The summed E-state index contributed by atoms with van der Waals surface area (Å²) in [6, 6.07) is 13.5. The molecule has 7 nitrogen and oxygen atoms in total. The second-order valence-corrected chi connectivity index (χ2v) is 9.24. The number of nitrogens with zero attached hydrogens (tertiary/aromatic N) is 3. The topological polar surface area (TPSA) is 81.4 Å². The number of rotatable bonds is 6. The SMILES string of the molecule is Cc1nn(-c2ccccc2)c(C)c1CNc1ccc(S(=O)(=O)N2CCCC2)c[nH+]1. The van der Waals surface area contributed by atoms with E-state index >= 15 is 0 Å². The zero-order chi connectivity index (χ0) is 20.4. The number of para-hydroxylation sites is 1. The Hall–Kier alpha value is -2.71. The highest BCUT2D eigenvalue weighted by Crippen LogP contribution is 2.21. The summed E-state index contributed by atoms with van der Waals surface area (Å²) in [5.74, 6) is 0.761. The van der Waals surface area contributed by atoms with Gasteiger partial charge in [-0.05, 0) is 44.9 Å². The van der Waals surface area contributed by atoms with Gasteiger partial charge in [0, 0.05) is 30.4 Å². The van der Waals surface area contributed by atoms with E-state index in [4.69, 9.17) is 0 Å². The molecule has 0 saturated carbocycles. The number of aromatic nitrogens is 3. The van der Waals surface area contributed by atoms with E-state index in [9.17, 15) is 8.42 Å². The molecule has 152 valence electrons. The molecule has 29 heavy (non-hydrogen) atoms. The van der Waals surface area contributed by atoms with Crippen LogP contribution in [-0.2, 0) is 16.6 Å². The zero-order valence-electron chi connectivity index (χ0n) is 16.7. The fourth-order valence-electron chi connectivity index (χ4n) is 3.69. The van der Waals surface area contributed by atoms with Crippen molar-refractivity contribution in [2.45, 2.75) is 38.1 Å². The third-order valence-electron chi connectivity index (χ3n) is 5.38. The van der Waals surface area contributed by atoms with Gasteiger partial charge < -0.3 is 0 Å². The van der Waals surface area contributed by atoms with E-state index in [1.54, 1.807) is 22.6 Å². The molecule has 1 fully saturated rings. The molecule has 8 heteroatoms. The average Bonchev–Trinajstić information content (AvgIpc) is 3.37. The van der Waals surface area contributed by atoms with Crippen LogP contribution in [0.1, 0.15) is 29.8 Å². The number of benzene rings is 1. The monoisotopic (exact) mass is 412 g/mol. The van der Waals surface area contributed by atoms with Crippen molar-refractivity contribution in [3.63, 3.8) is 0 Å². The number of aryl methyl sites for hydroxylation is 1. The predicted molar refractivity (Wildman–Crippen MR) is 111 cm³/mol. The number of hydrogen-bond acceptors (Lipinski definition) is 4. The van der Waals surface area contributed by atoms with Gasteiger partial charge in [0.05, 0.1) is 11.4 Å². The Labute approximate surface area is 171 Å². The molecule has 0 unspecified atom stereocenters. The van der Waals surface area contributed by atoms with Crippen molar-refractivity contribution in [1.82, 2.24) is 14.1 Å². The average molecular weight is 413 g/mol. The first kappa shape index (κ1) is 19.6. The number of H-pyrrole nitrogens is 1. The molecule has 1 aliphatic heterocycles. The summed E-state index contributed by atoms with van der Waals surface area (Å²) in [5.41, 5.74) is 4.19. The molecule has 0 spiro atoms. The second-order valence-electron chi connectivity index (χ2n) is 7.30. The smallest absolute Gasteiger partial charge is 0.270 e. The lowest BCUT2D eigenvalue weighted by Gasteiger charge is -2.14. The van der Waals surface area contributed by atoms with Gasteiger partial charge in [0.25, 0.3) is 5.82 Å². The third kappa shape index (κ3) is 3.90. The lowest BCUT2D eigenvalue weighted by molar-refractivity contribution is -0.364. The predicted octanol–water partition coefficient (Wildman–Crippen LogP) is 2.70. The number of aromatic amines is 1. The van der Waals surface area contributed by atoms with Gasteiger partial charge in [0.1, 0.15) is 17.6 Å². The van der Waals surface area contributed by atoms with Crippen molar-refractivity contribution >= 4 is 15.8 Å². The van der Waals surface area contributed by atoms with E-state index in [0.29, 0.717) is 24.5 Å². The highest BCUT2D eigenvalue weighted by molar-refractivity contribution is 7.89. The lowest BCUT2D eigenvalue weighted by Crippen LogP contribution is -2.29. The normalized spacial score (nSPS) is 15.0. The molecule has 0 amide bonds. The van der Waals surface area contributed by atoms with Gasteiger partial charge in [-0.25, -0.2) is 18.1 Å². The van der Waals surface area contributed by atoms with Gasteiger partial charge in [-0.3, -0.25) is 5.32 Å². The molecular weight excluding hydrogens is 386 g/mol. The Morgan fingerprint density at radius 2 is 1.79 bits per heavy atom. The fourth-order valence-corrected chi connectivity index (χ4v) is 5.18. The summed E-state index contributed by atoms with van der Waals surface area (Å²) >= 11 is 0. The van der Waals surface area contributed by atoms with Crippen molar-refractivity contribution in [3.05, 3.63) is 65.6 Å². The van der Waals surface area contributed by atoms with Crippen molar-refractivity contribution in [2.24, 2.45) is 0 Å². The van der Waals surface area contributed by atoms with Gasteiger partial charge in [0.15, 0.2) is 0 Å². The number of nitrogens with one attached hydrogen (secondary N) is 2. The fraction of sp³-hybridized carbons (Fsp3) is 0.333. The molecule has 0 atom stereocenters. The second kappa shape index (κ2) is 7.96. The van der Waals surface area contributed by atoms with Gasteiger partial charge in [0.2, 0.25) is 10.0 Å². The van der Waals surface area contributed by atoms with Crippen LogP contribution in [0.15, 0.2) is 53.6 Å². The highest BCUT2D eigenvalue weighted by atomic mass is 32.2. The summed E-state index contributed by atoms with van der Waals surface area (Å²) in [4.78, 5) is 3.37. The van der Waals surface area contributed by atoms with Crippen molar-refractivity contribution in [1.29, 1.82) is 0 Å². The van der Waals surface area contributed by atoms with E-state index in [-0.39, 0.29) is 0 Å². The van der Waals surface area contributed by atoms with Gasteiger partial charge in [-0.15, -0.1) is 0 Å². The maximum absolute atomic E-state index is 12.6. The molecule has 4 rings (SSSR count). The Bertz CT molecular complexity index is 1090. The van der Waals surface area contributed by atoms with Crippen LogP contribution in [0.2, 0.25) is 0 Å². The van der Waals surface area contributed by atoms with E-state index in [1.807, 2.05) is 41.9 Å². The molecule has 1 aliphatic rings. The van der Waals surface area contributed by atoms with Crippen molar-refractivity contribution < 1.29 is 13.4 Å². The number of sulfonamides is 1. The maximum atomic E-state index is 12.6. The summed E-state index contributed by atoms with van der Waals surface area (Å²) in [6.45, 7) is 5.86. The lowest BCUT2D eigenvalue weighted by atomic mass is 10.2. The van der Waals surface area contributed by atoms with Crippen LogP contribution in [0.4, 0.5) is 5.82 Å². The molecule has 1 saturated heterocycles. The molecular formula is C21H26N5O2S+. The highest BCUT2D eigenvalue weighted by Gasteiger charge is 2.28. The Kier molecular flexibility index (Phi) is 5.38. The van der Waals surface area contributed by atoms with Crippen molar-refractivity contribution in [3.8, 4) is 5.69 Å². The molecule has 3 heterocycles. The first-order chi connectivity index (χ1) is 14.0. The van der Waals surface area contributed by atoms with Gasteiger partial charge in [-0.2, -0.15) is 9.40 Å². The van der Waals surface area contributed by atoms with Crippen LogP contribution in [0, 0.1) is 13.8 Å². The summed E-state index contributed by atoms with van der Waals surface area (Å²) in [6.07, 6.45) is 3.42. The number of pyridine rings is 1. The Balaban J connectivity index is 1.48. The first-order valence-corrected chi connectivity index (χ1v) is 11.3. The van der Waals surface area contributed by atoms with E-state index < -0.39 is 10.0 Å². The van der Waals surface area contributed by atoms with Gasteiger partial charge >= 0.3 is 0 Å². The zero-order valence-corrected chi connectivity index (χ0v) is 17.5. The maximum Gasteiger partial charge on any atom is 0.272 e. The van der Waals surface area contributed by atoms with Crippen LogP contribution < -0.4 is 10.3 Å². The van der Waals surface area contributed by atoms with Gasteiger partial charge in [-0.1, -0.05) is 18.2 Å². The Morgan fingerprint density at radius 1 is 1.07 bits per heavy atom. The van der Waals surface area contributed by atoms with Crippen LogP contribution in [0.5, 0.6) is 0 Å². The minimum absolute atomic E-state index is 0.300. The van der Waals surface area contributed by atoms with E-state index in [1.165, 1.54) is 0 Å².